The highest BCUT2D eigenvalue weighted by atomic mass is 16.5. The lowest BCUT2D eigenvalue weighted by Gasteiger charge is -2.13. The molecule has 1 heterocycles. The van der Waals surface area contributed by atoms with Gasteiger partial charge in [0.25, 0.3) is 5.91 Å². The first-order valence-electron chi connectivity index (χ1n) is 9.86. The Morgan fingerprint density at radius 2 is 1.70 bits per heavy atom. The van der Waals surface area contributed by atoms with Crippen LogP contribution in [0.25, 0.3) is 16.8 Å². The van der Waals surface area contributed by atoms with Gasteiger partial charge in [0.1, 0.15) is 24.6 Å². The number of rotatable bonds is 7. The van der Waals surface area contributed by atoms with Crippen molar-refractivity contribution in [2.45, 2.75) is 6.61 Å². The zero-order valence-electron chi connectivity index (χ0n) is 17.1. The van der Waals surface area contributed by atoms with Crippen LogP contribution in [0.1, 0.15) is 21.5 Å². The molecule has 0 radical (unpaired) electrons. The molecule has 9 heteroatoms. The summed E-state index contributed by atoms with van der Waals surface area (Å²) >= 11 is 0. The normalized spacial score (nSPS) is 14.5. The molecule has 9 nitrogen and oxygen atoms in total. The van der Waals surface area contributed by atoms with E-state index < -0.39 is 30.4 Å². The molecule has 3 amide bonds. The fourth-order valence-corrected chi connectivity index (χ4v) is 3.45. The van der Waals surface area contributed by atoms with Gasteiger partial charge in [-0.2, -0.15) is 0 Å². The summed E-state index contributed by atoms with van der Waals surface area (Å²) in [6, 6.07) is 16.4. The summed E-state index contributed by atoms with van der Waals surface area (Å²) in [6.45, 7) is -0.604. The van der Waals surface area contributed by atoms with E-state index in [4.69, 9.17) is 14.9 Å². The van der Waals surface area contributed by atoms with E-state index in [0.717, 1.165) is 16.3 Å². The third-order valence-electron chi connectivity index (χ3n) is 5.07. The third kappa shape index (κ3) is 4.52. The quantitative estimate of drug-likeness (QED) is 0.375. The van der Waals surface area contributed by atoms with Crippen LogP contribution in [0.15, 0.2) is 66.4 Å². The molecule has 0 unspecified atom stereocenters. The second kappa shape index (κ2) is 8.83. The first-order chi connectivity index (χ1) is 15.8. The molecule has 0 spiro atoms. The average Bonchev–Trinajstić information content (AvgIpc) is 3.05. The van der Waals surface area contributed by atoms with Gasteiger partial charge in [0.2, 0.25) is 0 Å². The van der Waals surface area contributed by atoms with Gasteiger partial charge in [-0.3, -0.25) is 9.59 Å². The van der Waals surface area contributed by atoms with Gasteiger partial charge in [0.05, 0.1) is 5.56 Å². The summed E-state index contributed by atoms with van der Waals surface area (Å²) in [7, 11) is 0. The van der Waals surface area contributed by atoms with Crippen molar-refractivity contribution in [3.05, 3.63) is 83.1 Å². The molecular weight excluding hydrogens is 428 g/mol. The Kier molecular flexibility index (Phi) is 5.77. The Morgan fingerprint density at radius 1 is 0.970 bits per heavy atom. The number of carboxylic acid groups (broad SMARTS) is 2. The fraction of sp³-hybridized carbons (Fsp3) is 0.0833. The summed E-state index contributed by atoms with van der Waals surface area (Å²) in [5.41, 5.74) is 1.38. The molecule has 1 aliphatic heterocycles. The number of aliphatic carboxylic acids is 1. The van der Waals surface area contributed by atoms with Crippen LogP contribution in [0.4, 0.5) is 4.79 Å². The number of amides is 3. The van der Waals surface area contributed by atoms with E-state index in [9.17, 15) is 19.2 Å². The first-order valence-corrected chi connectivity index (χ1v) is 9.86. The zero-order valence-corrected chi connectivity index (χ0v) is 17.1. The molecule has 1 fully saturated rings. The molecule has 0 aliphatic carbocycles. The van der Waals surface area contributed by atoms with Crippen LogP contribution in [0.3, 0.4) is 0 Å². The van der Waals surface area contributed by atoms with Gasteiger partial charge in [-0.05, 0) is 40.6 Å². The number of carbonyl (C=O) groups is 4. The van der Waals surface area contributed by atoms with Crippen molar-refractivity contribution in [2.75, 3.05) is 6.54 Å². The maximum absolute atomic E-state index is 12.6. The topological polar surface area (TPSA) is 133 Å². The minimum atomic E-state index is -1.30. The van der Waals surface area contributed by atoms with E-state index in [1.807, 2.05) is 30.3 Å². The highest BCUT2D eigenvalue weighted by Gasteiger charge is 2.35. The van der Waals surface area contributed by atoms with E-state index in [0.29, 0.717) is 16.2 Å². The van der Waals surface area contributed by atoms with Gasteiger partial charge < -0.3 is 20.3 Å². The predicted octanol–water partition coefficient (Wildman–Crippen LogP) is 3.09. The van der Waals surface area contributed by atoms with Crippen molar-refractivity contribution < 1.29 is 34.1 Å². The molecule has 3 N–H and O–H groups in total. The largest absolute Gasteiger partial charge is 0.488 e. The molecule has 0 atom stereocenters. The number of carboxylic acids is 2. The summed E-state index contributed by atoms with van der Waals surface area (Å²) in [5.74, 6) is -2.64. The van der Waals surface area contributed by atoms with Crippen LogP contribution in [0.5, 0.6) is 5.75 Å². The molecule has 0 saturated carbocycles. The van der Waals surface area contributed by atoms with Gasteiger partial charge in [0.15, 0.2) is 0 Å². The lowest BCUT2D eigenvalue weighted by molar-refractivity contribution is -0.140. The molecule has 166 valence electrons. The highest BCUT2D eigenvalue weighted by molar-refractivity contribution is 6.16. The van der Waals surface area contributed by atoms with Gasteiger partial charge >= 0.3 is 18.0 Å². The molecule has 4 rings (SSSR count). The van der Waals surface area contributed by atoms with Crippen molar-refractivity contribution >= 4 is 40.7 Å². The molecule has 0 aromatic heterocycles. The number of benzene rings is 3. The van der Waals surface area contributed by atoms with Gasteiger partial charge in [-0.15, -0.1) is 0 Å². The monoisotopic (exact) mass is 446 g/mol. The lowest BCUT2D eigenvalue weighted by atomic mass is 10.0. The Labute approximate surface area is 187 Å². The minimum Gasteiger partial charge on any atom is -0.488 e. The smallest absolute Gasteiger partial charge is 0.335 e. The molecular formula is C24H18N2O7. The number of aromatic carboxylic acids is 1. The van der Waals surface area contributed by atoms with E-state index in [-0.39, 0.29) is 17.9 Å². The number of hydrogen-bond acceptors (Lipinski definition) is 5. The fourth-order valence-electron chi connectivity index (χ4n) is 3.45. The Bertz CT molecular complexity index is 1310. The van der Waals surface area contributed by atoms with Crippen molar-refractivity contribution in [3.63, 3.8) is 0 Å². The second-order valence-electron chi connectivity index (χ2n) is 7.26. The Morgan fingerprint density at radius 3 is 2.39 bits per heavy atom. The summed E-state index contributed by atoms with van der Waals surface area (Å²) < 4.78 is 5.97. The van der Waals surface area contributed by atoms with E-state index in [1.165, 1.54) is 18.2 Å². The third-order valence-corrected chi connectivity index (χ3v) is 5.07. The molecule has 3 aromatic rings. The number of nitrogens with zero attached hydrogens (tertiary/aromatic N) is 1. The van der Waals surface area contributed by atoms with Crippen molar-refractivity contribution in [2.24, 2.45) is 0 Å². The predicted molar refractivity (Wildman–Crippen MR) is 118 cm³/mol. The molecule has 1 aliphatic rings. The number of fused-ring (bicyclic) bond motifs is 1. The Hall–Kier alpha value is -4.66. The number of hydrogen-bond donors (Lipinski definition) is 3. The van der Waals surface area contributed by atoms with Crippen LogP contribution in [0, 0.1) is 0 Å². The summed E-state index contributed by atoms with van der Waals surface area (Å²) in [5, 5.41) is 22.0. The zero-order chi connectivity index (χ0) is 23.5. The maximum Gasteiger partial charge on any atom is 0.335 e. The van der Waals surface area contributed by atoms with Crippen molar-refractivity contribution in [1.82, 2.24) is 10.2 Å². The number of imide groups is 1. The SMILES string of the molecule is O=C(O)CN1C(=O)N/C(=C/c2c(OCc3ccc(C(=O)O)cc3)ccc3ccccc23)C1=O. The number of urea groups is 1. The lowest BCUT2D eigenvalue weighted by Crippen LogP contribution is -2.35. The summed E-state index contributed by atoms with van der Waals surface area (Å²) in [6.07, 6.45) is 1.47. The summed E-state index contributed by atoms with van der Waals surface area (Å²) in [4.78, 5) is 47.3. The minimum absolute atomic E-state index is 0.0618. The number of ether oxygens (including phenoxy) is 1. The van der Waals surface area contributed by atoms with Crippen molar-refractivity contribution in [3.8, 4) is 5.75 Å². The van der Waals surface area contributed by atoms with Crippen molar-refractivity contribution in [1.29, 1.82) is 0 Å². The molecule has 0 bridgehead atoms. The first kappa shape index (κ1) is 21.6. The van der Waals surface area contributed by atoms with E-state index in [2.05, 4.69) is 5.32 Å². The van der Waals surface area contributed by atoms with Crippen LogP contribution in [0.2, 0.25) is 0 Å². The molecule has 1 saturated heterocycles. The van der Waals surface area contributed by atoms with Crippen LogP contribution in [-0.4, -0.2) is 45.5 Å². The Balaban J connectivity index is 1.68. The van der Waals surface area contributed by atoms with Crippen LogP contribution in [-0.2, 0) is 16.2 Å². The van der Waals surface area contributed by atoms with E-state index in [1.54, 1.807) is 18.2 Å². The number of carbonyl (C=O) groups excluding carboxylic acids is 2. The highest BCUT2D eigenvalue weighted by Crippen LogP contribution is 2.31. The van der Waals surface area contributed by atoms with Crippen LogP contribution >= 0.6 is 0 Å². The van der Waals surface area contributed by atoms with Crippen LogP contribution < -0.4 is 10.1 Å². The average molecular weight is 446 g/mol. The van der Waals surface area contributed by atoms with Gasteiger partial charge in [-0.1, -0.05) is 42.5 Å². The van der Waals surface area contributed by atoms with Gasteiger partial charge in [-0.25, -0.2) is 14.5 Å². The van der Waals surface area contributed by atoms with Gasteiger partial charge in [0, 0.05) is 5.56 Å². The standard InChI is InChI=1S/C24H18N2O7/c27-21(28)12-26-22(29)19(25-24(26)32)11-18-17-4-2-1-3-15(17)9-10-20(18)33-13-14-5-7-16(8-6-14)23(30)31/h1-11H,12-13H2,(H,25,32)(H,27,28)(H,30,31)/b19-11+. The number of nitrogens with one attached hydrogen (secondary N) is 1. The molecule has 3 aromatic carbocycles. The molecule has 33 heavy (non-hydrogen) atoms. The second-order valence-corrected chi connectivity index (χ2v) is 7.26. The maximum atomic E-state index is 12.6. The van der Waals surface area contributed by atoms with E-state index >= 15 is 0 Å².